The minimum Gasteiger partial charge on any atom is -0.455 e. The smallest absolute Gasteiger partial charge is 0.299 e. The molecule has 8 nitrogen and oxygen atoms in total. The molecule has 4 heterocycles. The van der Waals surface area contributed by atoms with E-state index in [1.54, 1.807) is 24.3 Å². The molecule has 0 saturated carbocycles. The summed E-state index contributed by atoms with van der Waals surface area (Å²) < 4.78 is 48.0. The Morgan fingerprint density at radius 3 is 2.87 bits per heavy atom. The first-order valence-electron chi connectivity index (χ1n) is 9.14. The number of hydrogen-bond acceptors (Lipinski definition) is 5. The lowest BCUT2D eigenvalue weighted by atomic mass is 9.99. The van der Waals surface area contributed by atoms with E-state index in [2.05, 4.69) is 20.1 Å². The number of fused-ring (bicyclic) bond motifs is 2. The third kappa shape index (κ3) is 2.69. The zero-order valence-electron chi connectivity index (χ0n) is 15.6. The molecule has 0 radical (unpaired) electrons. The number of furan rings is 1. The quantitative estimate of drug-likeness (QED) is 0.554. The molecule has 1 N–H and O–H groups in total. The molecule has 0 spiro atoms. The van der Waals surface area contributed by atoms with Crippen molar-refractivity contribution in [2.45, 2.75) is 18.9 Å². The number of aryl methyl sites for hydroxylation is 1. The number of rotatable bonds is 3. The Hall–Kier alpha value is -3.63. The molecule has 1 atom stereocenters. The average molecular weight is 416 g/mol. The third-order valence-electron chi connectivity index (χ3n) is 5.16. The SMILES string of the molecule is Cn1nc(C(F)F)nc1C(=O)N1CCc2[nH]cnc2[C@@H]1c1oc2ccccc2c1F. The molecule has 1 aliphatic rings. The molecule has 3 aromatic heterocycles. The van der Waals surface area contributed by atoms with Crippen molar-refractivity contribution in [3.8, 4) is 0 Å². The molecular formula is C19H15F3N6O2. The highest BCUT2D eigenvalue weighted by Crippen LogP contribution is 2.39. The van der Waals surface area contributed by atoms with E-state index in [4.69, 9.17) is 4.42 Å². The summed E-state index contributed by atoms with van der Waals surface area (Å²) in [4.78, 5) is 25.5. The van der Waals surface area contributed by atoms with Crippen LogP contribution in [0, 0.1) is 5.82 Å². The largest absolute Gasteiger partial charge is 0.455 e. The number of H-pyrrole nitrogens is 1. The zero-order valence-corrected chi connectivity index (χ0v) is 15.6. The van der Waals surface area contributed by atoms with Crippen molar-refractivity contribution in [1.82, 2.24) is 29.6 Å². The Morgan fingerprint density at radius 1 is 1.33 bits per heavy atom. The van der Waals surface area contributed by atoms with E-state index < -0.39 is 30.0 Å². The van der Waals surface area contributed by atoms with Crippen LogP contribution in [0.2, 0.25) is 0 Å². The van der Waals surface area contributed by atoms with Crippen molar-refractivity contribution < 1.29 is 22.4 Å². The van der Waals surface area contributed by atoms with Crippen LogP contribution in [0.5, 0.6) is 0 Å². The summed E-state index contributed by atoms with van der Waals surface area (Å²) in [6.07, 6.45) is -1.02. The third-order valence-corrected chi connectivity index (χ3v) is 5.16. The van der Waals surface area contributed by atoms with E-state index in [0.717, 1.165) is 10.4 Å². The average Bonchev–Trinajstić information content (AvgIpc) is 3.44. The van der Waals surface area contributed by atoms with E-state index in [-0.39, 0.29) is 23.5 Å². The van der Waals surface area contributed by atoms with Crippen molar-refractivity contribution in [2.75, 3.05) is 6.54 Å². The van der Waals surface area contributed by atoms with Crippen LogP contribution in [0.4, 0.5) is 13.2 Å². The Labute approximate surface area is 167 Å². The van der Waals surface area contributed by atoms with Crippen LogP contribution < -0.4 is 0 Å². The lowest BCUT2D eigenvalue weighted by Gasteiger charge is -2.33. The van der Waals surface area contributed by atoms with E-state index >= 15 is 4.39 Å². The molecule has 30 heavy (non-hydrogen) atoms. The van der Waals surface area contributed by atoms with Gasteiger partial charge in [0.25, 0.3) is 12.3 Å². The summed E-state index contributed by atoms with van der Waals surface area (Å²) >= 11 is 0. The van der Waals surface area contributed by atoms with Gasteiger partial charge in [-0.1, -0.05) is 12.1 Å². The Balaban J connectivity index is 1.64. The lowest BCUT2D eigenvalue weighted by Crippen LogP contribution is -2.42. The molecule has 0 saturated heterocycles. The van der Waals surface area contributed by atoms with Crippen LogP contribution in [0.15, 0.2) is 35.0 Å². The van der Waals surface area contributed by atoms with Gasteiger partial charge in [-0.3, -0.25) is 4.79 Å². The number of halogens is 3. The first-order valence-corrected chi connectivity index (χ1v) is 9.14. The van der Waals surface area contributed by atoms with Gasteiger partial charge in [0.2, 0.25) is 11.6 Å². The van der Waals surface area contributed by atoms with Gasteiger partial charge < -0.3 is 14.3 Å². The maximum atomic E-state index is 15.2. The number of benzene rings is 1. The molecule has 1 aliphatic heterocycles. The number of aromatic amines is 1. The molecule has 0 aliphatic carbocycles. The number of amides is 1. The number of carbonyl (C=O) groups is 1. The number of alkyl halides is 2. The standard InChI is InChI=1S/C19H15F3N6O2/c1-27-18(25-17(26-27)16(21)22)19(29)28-7-6-10-13(24-8-23-10)14(28)15-12(20)9-4-2-3-5-11(9)30-15/h2-5,8,14,16H,6-7H2,1H3,(H,23,24)/t14-/m1/s1. The molecule has 0 bridgehead atoms. The maximum absolute atomic E-state index is 15.2. The van der Waals surface area contributed by atoms with E-state index in [9.17, 15) is 13.6 Å². The number of aromatic nitrogens is 5. The summed E-state index contributed by atoms with van der Waals surface area (Å²) in [5, 5.41) is 3.88. The summed E-state index contributed by atoms with van der Waals surface area (Å²) in [6.45, 7) is 0.187. The predicted molar refractivity (Wildman–Crippen MR) is 97.3 cm³/mol. The fourth-order valence-corrected chi connectivity index (χ4v) is 3.78. The van der Waals surface area contributed by atoms with E-state index in [1.807, 2.05) is 0 Å². The summed E-state index contributed by atoms with van der Waals surface area (Å²) in [7, 11) is 1.35. The second kappa shape index (κ2) is 6.71. The minimum absolute atomic E-state index is 0.0751. The van der Waals surface area contributed by atoms with E-state index in [1.165, 1.54) is 18.3 Å². The first kappa shape index (κ1) is 18.4. The van der Waals surface area contributed by atoms with Gasteiger partial charge in [0.05, 0.1) is 17.4 Å². The van der Waals surface area contributed by atoms with Gasteiger partial charge in [-0.15, -0.1) is 5.10 Å². The van der Waals surface area contributed by atoms with Gasteiger partial charge in [0.1, 0.15) is 11.6 Å². The van der Waals surface area contributed by atoms with Gasteiger partial charge in [-0.05, 0) is 12.1 Å². The van der Waals surface area contributed by atoms with Crippen molar-refractivity contribution in [1.29, 1.82) is 0 Å². The molecule has 0 unspecified atom stereocenters. The van der Waals surface area contributed by atoms with Crippen molar-refractivity contribution in [3.05, 3.63) is 65.2 Å². The monoisotopic (exact) mass is 416 g/mol. The minimum atomic E-state index is -2.92. The van der Waals surface area contributed by atoms with Crippen molar-refractivity contribution in [2.24, 2.45) is 7.05 Å². The number of nitrogens with one attached hydrogen (secondary N) is 1. The van der Waals surface area contributed by atoms with Gasteiger partial charge in [0.15, 0.2) is 11.6 Å². The van der Waals surface area contributed by atoms with Crippen LogP contribution in [-0.2, 0) is 13.5 Å². The number of imidazole rings is 1. The molecule has 4 aromatic rings. The fraction of sp³-hybridized carbons (Fsp3) is 0.263. The van der Waals surface area contributed by atoms with Crippen LogP contribution in [-0.4, -0.2) is 42.1 Å². The second-order valence-corrected chi connectivity index (χ2v) is 6.91. The topological polar surface area (TPSA) is 92.8 Å². The van der Waals surface area contributed by atoms with Gasteiger partial charge in [-0.25, -0.2) is 27.8 Å². The summed E-state index contributed by atoms with van der Waals surface area (Å²) in [5.74, 6) is -2.37. The Morgan fingerprint density at radius 2 is 2.13 bits per heavy atom. The van der Waals surface area contributed by atoms with Gasteiger partial charge in [0, 0.05) is 25.7 Å². The van der Waals surface area contributed by atoms with Crippen LogP contribution in [0.3, 0.4) is 0 Å². The normalized spacial score (nSPS) is 16.4. The van der Waals surface area contributed by atoms with Crippen molar-refractivity contribution >= 4 is 16.9 Å². The highest BCUT2D eigenvalue weighted by Gasteiger charge is 2.40. The number of para-hydroxylation sites is 1. The van der Waals surface area contributed by atoms with Crippen molar-refractivity contribution in [3.63, 3.8) is 0 Å². The van der Waals surface area contributed by atoms with Gasteiger partial charge in [-0.2, -0.15) is 0 Å². The molecule has 154 valence electrons. The molecule has 5 rings (SSSR count). The van der Waals surface area contributed by atoms with Crippen LogP contribution in [0.25, 0.3) is 11.0 Å². The summed E-state index contributed by atoms with van der Waals surface area (Å²) in [6, 6.07) is 5.62. The Bertz CT molecular complexity index is 1260. The second-order valence-electron chi connectivity index (χ2n) is 6.91. The summed E-state index contributed by atoms with van der Waals surface area (Å²) in [5.41, 5.74) is 1.51. The molecule has 1 aromatic carbocycles. The lowest BCUT2D eigenvalue weighted by molar-refractivity contribution is 0.0650. The Kier molecular flexibility index (Phi) is 4.12. The molecular weight excluding hydrogens is 401 g/mol. The highest BCUT2D eigenvalue weighted by atomic mass is 19.3. The highest BCUT2D eigenvalue weighted by molar-refractivity contribution is 5.91. The zero-order chi connectivity index (χ0) is 21.0. The predicted octanol–water partition coefficient (Wildman–Crippen LogP) is 3.15. The molecule has 0 fully saturated rings. The van der Waals surface area contributed by atoms with Gasteiger partial charge >= 0.3 is 0 Å². The maximum Gasteiger partial charge on any atom is 0.299 e. The first-order chi connectivity index (χ1) is 14.5. The number of nitrogens with zero attached hydrogens (tertiary/aromatic N) is 5. The van der Waals surface area contributed by atoms with Crippen LogP contribution >= 0.6 is 0 Å². The van der Waals surface area contributed by atoms with E-state index in [0.29, 0.717) is 17.7 Å². The van der Waals surface area contributed by atoms with Crippen LogP contribution in [0.1, 0.15) is 46.1 Å². The number of carbonyl (C=O) groups excluding carboxylic acids is 1. The fourth-order valence-electron chi connectivity index (χ4n) is 3.78. The molecule has 11 heteroatoms. The molecule has 1 amide bonds. The number of hydrogen-bond donors (Lipinski definition) is 1.